The number of rotatable bonds is 5. The monoisotopic (exact) mass is 508 g/mol. The number of nitrogens with one attached hydrogen (secondary N) is 1. The number of hydrogen-bond donors (Lipinski definition) is 1. The highest BCUT2D eigenvalue weighted by atomic mass is 79.9. The molecule has 5 nitrogen and oxygen atoms in total. The third kappa shape index (κ3) is 4.45. The standard InChI is InChI=1S/C27H29BrN2O3/c1-26(2,3)33-23(31)16-27(11-12-27)15-17-4-7-19(8-5-17)30-22-9-6-18(28)14-21(22)20-10-13-29-25(32)24(20)30/h4-9,14H,10-13,15-16H2,1-3H3,(H,29,32). The van der Waals surface area contributed by atoms with Crippen molar-refractivity contribution in [3.63, 3.8) is 0 Å². The first-order valence-corrected chi connectivity index (χ1v) is 12.4. The van der Waals surface area contributed by atoms with E-state index in [1.165, 1.54) is 5.56 Å². The van der Waals surface area contributed by atoms with Gasteiger partial charge in [0.25, 0.3) is 5.91 Å². The SMILES string of the molecule is CC(C)(C)OC(=O)CC1(Cc2ccc(-n3c4c(c5cc(Br)ccc53)CCNC4=O)cc2)CC1. The van der Waals surface area contributed by atoms with Crippen LogP contribution in [0.25, 0.3) is 16.6 Å². The maximum atomic E-state index is 12.8. The zero-order chi connectivity index (χ0) is 23.4. The number of halogens is 1. The van der Waals surface area contributed by atoms with Crippen molar-refractivity contribution in [3.05, 3.63) is 63.8 Å². The van der Waals surface area contributed by atoms with Crippen molar-refractivity contribution in [3.8, 4) is 5.69 Å². The molecule has 1 N–H and O–H groups in total. The van der Waals surface area contributed by atoms with E-state index in [1.54, 1.807) is 0 Å². The van der Waals surface area contributed by atoms with E-state index >= 15 is 0 Å². The molecular weight excluding hydrogens is 480 g/mol. The van der Waals surface area contributed by atoms with Crippen LogP contribution in [-0.2, 0) is 22.4 Å². The number of amides is 1. The van der Waals surface area contributed by atoms with Crippen LogP contribution in [0.4, 0.5) is 0 Å². The van der Waals surface area contributed by atoms with Crippen LogP contribution < -0.4 is 5.32 Å². The Morgan fingerprint density at radius 3 is 2.55 bits per heavy atom. The maximum Gasteiger partial charge on any atom is 0.306 e. The molecule has 2 heterocycles. The van der Waals surface area contributed by atoms with Crippen LogP contribution in [0.2, 0.25) is 0 Å². The Balaban J connectivity index is 1.42. The summed E-state index contributed by atoms with van der Waals surface area (Å²) in [4.78, 5) is 25.2. The van der Waals surface area contributed by atoms with Crippen molar-refractivity contribution >= 4 is 38.7 Å². The predicted octanol–water partition coefficient (Wildman–Crippen LogP) is 5.73. The molecule has 0 unspecified atom stereocenters. The van der Waals surface area contributed by atoms with Gasteiger partial charge in [0, 0.05) is 22.1 Å². The minimum absolute atomic E-state index is 0.0231. The van der Waals surface area contributed by atoms with Crippen LogP contribution in [0.15, 0.2) is 46.9 Å². The number of fused-ring (bicyclic) bond motifs is 3. The zero-order valence-electron chi connectivity index (χ0n) is 19.3. The molecule has 172 valence electrons. The highest BCUT2D eigenvalue weighted by Crippen LogP contribution is 2.51. The first-order valence-electron chi connectivity index (χ1n) is 11.6. The van der Waals surface area contributed by atoms with E-state index in [0.29, 0.717) is 13.0 Å². The topological polar surface area (TPSA) is 60.3 Å². The number of carbonyl (C=O) groups is 2. The zero-order valence-corrected chi connectivity index (χ0v) is 20.9. The molecule has 2 aliphatic rings. The summed E-state index contributed by atoms with van der Waals surface area (Å²) in [5.74, 6) is -0.138. The van der Waals surface area contributed by atoms with E-state index < -0.39 is 5.60 Å². The van der Waals surface area contributed by atoms with Crippen LogP contribution in [0.1, 0.15) is 61.6 Å². The molecule has 0 bridgehead atoms. The van der Waals surface area contributed by atoms with Crippen LogP contribution in [0.3, 0.4) is 0 Å². The Bertz CT molecular complexity index is 1250. The number of aromatic nitrogens is 1. The lowest BCUT2D eigenvalue weighted by Gasteiger charge is -2.22. The summed E-state index contributed by atoms with van der Waals surface area (Å²) >= 11 is 3.57. The van der Waals surface area contributed by atoms with Crippen LogP contribution >= 0.6 is 15.9 Å². The van der Waals surface area contributed by atoms with Gasteiger partial charge in [-0.3, -0.25) is 9.59 Å². The van der Waals surface area contributed by atoms with Crippen molar-refractivity contribution in [1.82, 2.24) is 9.88 Å². The van der Waals surface area contributed by atoms with Crippen molar-refractivity contribution < 1.29 is 14.3 Å². The average Bonchev–Trinajstić information content (AvgIpc) is 3.39. The van der Waals surface area contributed by atoms with Gasteiger partial charge in [-0.1, -0.05) is 28.1 Å². The number of benzene rings is 2. The molecule has 1 amide bonds. The van der Waals surface area contributed by atoms with E-state index in [-0.39, 0.29) is 17.3 Å². The second kappa shape index (κ2) is 8.01. The lowest BCUT2D eigenvalue weighted by atomic mass is 9.93. The molecule has 1 aliphatic carbocycles. The number of hydrogen-bond acceptors (Lipinski definition) is 3. The van der Waals surface area contributed by atoms with Gasteiger partial charge in [-0.2, -0.15) is 0 Å². The number of esters is 1. The van der Waals surface area contributed by atoms with Crippen molar-refractivity contribution in [2.75, 3.05) is 6.54 Å². The summed E-state index contributed by atoms with van der Waals surface area (Å²) in [7, 11) is 0. The minimum atomic E-state index is -0.449. The highest BCUT2D eigenvalue weighted by Gasteiger charge is 2.45. The van der Waals surface area contributed by atoms with Gasteiger partial charge in [-0.25, -0.2) is 0 Å². The van der Waals surface area contributed by atoms with Crippen LogP contribution in [0, 0.1) is 5.41 Å². The average molecular weight is 509 g/mol. The normalized spacial score (nSPS) is 16.9. The minimum Gasteiger partial charge on any atom is -0.460 e. The molecule has 0 atom stereocenters. The fourth-order valence-electron chi connectivity index (χ4n) is 4.95. The molecule has 0 spiro atoms. The Hall–Kier alpha value is -2.60. The van der Waals surface area contributed by atoms with E-state index in [2.05, 4.69) is 62.2 Å². The molecule has 1 aromatic heterocycles. The smallest absolute Gasteiger partial charge is 0.306 e. The van der Waals surface area contributed by atoms with Crippen molar-refractivity contribution in [2.45, 2.75) is 58.5 Å². The summed E-state index contributed by atoms with van der Waals surface area (Å²) in [6.45, 7) is 6.39. The Labute approximate surface area is 202 Å². The molecule has 33 heavy (non-hydrogen) atoms. The quantitative estimate of drug-likeness (QED) is 0.447. The fourth-order valence-corrected chi connectivity index (χ4v) is 5.31. The molecule has 2 aromatic carbocycles. The van der Waals surface area contributed by atoms with Gasteiger partial charge in [0.1, 0.15) is 11.3 Å². The summed E-state index contributed by atoms with van der Waals surface area (Å²) in [6, 6.07) is 14.6. The third-order valence-electron chi connectivity index (χ3n) is 6.58. The predicted molar refractivity (Wildman–Crippen MR) is 133 cm³/mol. The molecule has 6 heteroatoms. The highest BCUT2D eigenvalue weighted by molar-refractivity contribution is 9.10. The molecule has 3 aromatic rings. The second-order valence-corrected chi connectivity index (χ2v) is 11.4. The van der Waals surface area contributed by atoms with Gasteiger partial charge in [0.05, 0.1) is 11.9 Å². The summed E-state index contributed by atoms with van der Waals surface area (Å²) < 4.78 is 8.63. The summed E-state index contributed by atoms with van der Waals surface area (Å²) in [6.07, 6.45) is 4.27. The number of ether oxygens (including phenoxy) is 1. The van der Waals surface area contributed by atoms with E-state index in [1.807, 2.05) is 26.8 Å². The maximum absolute atomic E-state index is 12.8. The van der Waals surface area contributed by atoms with Gasteiger partial charge >= 0.3 is 5.97 Å². The fraction of sp³-hybridized carbons (Fsp3) is 0.407. The van der Waals surface area contributed by atoms with E-state index in [9.17, 15) is 9.59 Å². The Morgan fingerprint density at radius 1 is 1.15 bits per heavy atom. The van der Waals surface area contributed by atoms with Gasteiger partial charge in [-0.15, -0.1) is 0 Å². The van der Waals surface area contributed by atoms with E-state index in [4.69, 9.17) is 4.74 Å². The summed E-state index contributed by atoms with van der Waals surface area (Å²) in [5.41, 5.74) is 4.62. The first kappa shape index (κ1) is 22.2. The third-order valence-corrected chi connectivity index (χ3v) is 7.07. The Kier molecular flexibility index (Phi) is 5.39. The molecule has 1 aliphatic heterocycles. The first-order chi connectivity index (χ1) is 15.6. The largest absolute Gasteiger partial charge is 0.460 e. The second-order valence-electron chi connectivity index (χ2n) is 10.4. The van der Waals surface area contributed by atoms with Gasteiger partial charge in [0.2, 0.25) is 0 Å². The van der Waals surface area contributed by atoms with Gasteiger partial charge < -0.3 is 14.6 Å². The van der Waals surface area contributed by atoms with Crippen LogP contribution in [0.5, 0.6) is 0 Å². The molecular formula is C27H29BrN2O3. The molecule has 5 rings (SSSR count). The lowest BCUT2D eigenvalue weighted by molar-refractivity contribution is -0.156. The molecule has 0 radical (unpaired) electrons. The van der Waals surface area contributed by atoms with Gasteiger partial charge in [-0.05, 0) is 93.3 Å². The number of carbonyl (C=O) groups excluding carboxylic acids is 2. The van der Waals surface area contributed by atoms with Crippen molar-refractivity contribution in [2.24, 2.45) is 5.41 Å². The molecule has 0 saturated heterocycles. The van der Waals surface area contributed by atoms with Crippen molar-refractivity contribution in [1.29, 1.82) is 0 Å². The molecule has 1 saturated carbocycles. The summed E-state index contributed by atoms with van der Waals surface area (Å²) in [5, 5.41) is 4.11. The Morgan fingerprint density at radius 2 is 1.88 bits per heavy atom. The van der Waals surface area contributed by atoms with Gasteiger partial charge in [0.15, 0.2) is 0 Å². The number of nitrogens with zero attached hydrogens (tertiary/aromatic N) is 1. The van der Waals surface area contributed by atoms with Crippen LogP contribution in [-0.4, -0.2) is 28.6 Å². The van der Waals surface area contributed by atoms with E-state index in [0.717, 1.165) is 58.0 Å². The lowest BCUT2D eigenvalue weighted by Crippen LogP contribution is -2.33. The molecule has 1 fully saturated rings.